The van der Waals surface area contributed by atoms with Crippen LogP contribution in [0.1, 0.15) is 18.9 Å². The molecular formula is C16H24N2O2. The smallest absolute Gasteiger partial charge is 0.223 e. The molecule has 1 heterocycles. The Labute approximate surface area is 121 Å². The number of piperazine rings is 1. The van der Waals surface area contributed by atoms with Gasteiger partial charge >= 0.3 is 0 Å². The average Bonchev–Trinajstić information content (AvgIpc) is 2.47. The van der Waals surface area contributed by atoms with E-state index in [0.29, 0.717) is 12.5 Å². The molecule has 0 radical (unpaired) electrons. The Hall–Kier alpha value is -1.55. The molecule has 0 saturated carbocycles. The van der Waals surface area contributed by atoms with Crippen molar-refractivity contribution >= 4 is 5.91 Å². The molecular weight excluding hydrogens is 252 g/mol. The molecule has 0 aromatic heterocycles. The van der Waals surface area contributed by atoms with Crippen molar-refractivity contribution in [3.63, 3.8) is 0 Å². The van der Waals surface area contributed by atoms with Gasteiger partial charge in [0.25, 0.3) is 0 Å². The molecule has 0 aliphatic carbocycles. The van der Waals surface area contributed by atoms with Crippen molar-refractivity contribution in [3.8, 4) is 5.75 Å². The number of carbonyl (C=O) groups excluding carboxylic acids is 1. The second kappa shape index (κ2) is 6.75. The minimum Gasteiger partial charge on any atom is -0.496 e. The van der Waals surface area contributed by atoms with Crippen molar-refractivity contribution in [2.24, 2.45) is 0 Å². The lowest BCUT2D eigenvalue weighted by Gasteiger charge is -2.37. The minimum atomic E-state index is 0.246. The normalized spacial score (nSPS) is 19.9. The van der Waals surface area contributed by atoms with Gasteiger partial charge in [0.05, 0.1) is 7.11 Å². The Morgan fingerprint density at radius 1 is 1.35 bits per heavy atom. The van der Waals surface area contributed by atoms with E-state index in [-0.39, 0.29) is 5.91 Å². The molecule has 20 heavy (non-hydrogen) atoms. The zero-order valence-electron chi connectivity index (χ0n) is 12.6. The third-order valence-electron chi connectivity index (χ3n) is 4.11. The first-order chi connectivity index (χ1) is 9.61. The quantitative estimate of drug-likeness (QED) is 0.840. The van der Waals surface area contributed by atoms with E-state index >= 15 is 0 Å². The Bertz CT molecular complexity index is 462. The fourth-order valence-corrected chi connectivity index (χ4v) is 2.58. The molecule has 2 rings (SSSR count). The number of rotatable bonds is 4. The highest BCUT2D eigenvalue weighted by atomic mass is 16.5. The highest BCUT2D eigenvalue weighted by molar-refractivity contribution is 5.76. The van der Waals surface area contributed by atoms with Crippen molar-refractivity contribution < 1.29 is 9.53 Å². The van der Waals surface area contributed by atoms with Gasteiger partial charge in [0.1, 0.15) is 5.75 Å². The molecule has 1 saturated heterocycles. The van der Waals surface area contributed by atoms with Crippen LogP contribution in [0.15, 0.2) is 24.3 Å². The lowest BCUT2D eigenvalue weighted by atomic mass is 10.1. The van der Waals surface area contributed by atoms with E-state index in [4.69, 9.17) is 4.74 Å². The van der Waals surface area contributed by atoms with E-state index in [0.717, 1.165) is 37.4 Å². The van der Waals surface area contributed by atoms with Gasteiger partial charge < -0.3 is 14.5 Å². The Balaban J connectivity index is 1.89. The summed E-state index contributed by atoms with van der Waals surface area (Å²) in [5, 5.41) is 0. The van der Waals surface area contributed by atoms with Gasteiger partial charge in [-0.25, -0.2) is 0 Å². The molecule has 1 amide bonds. The lowest BCUT2D eigenvalue weighted by molar-refractivity contribution is -0.133. The number of hydrogen-bond donors (Lipinski definition) is 0. The van der Waals surface area contributed by atoms with Crippen molar-refractivity contribution in [1.29, 1.82) is 0 Å². The Morgan fingerprint density at radius 2 is 2.10 bits per heavy atom. The van der Waals surface area contributed by atoms with Crippen LogP contribution in [0.2, 0.25) is 0 Å². The summed E-state index contributed by atoms with van der Waals surface area (Å²) in [6.45, 7) is 4.80. The van der Waals surface area contributed by atoms with E-state index in [1.54, 1.807) is 7.11 Å². The zero-order chi connectivity index (χ0) is 14.5. The summed E-state index contributed by atoms with van der Waals surface area (Å²) in [7, 11) is 3.78. The van der Waals surface area contributed by atoms with Gasteiger partial charge in [-0.05, 0) is 32.0 Å². The maximum atomic E-state index is 12.3. The third kappa shape index (κ3) is 3.51. The van der Waals surface area contributed by atoms with Crippen LogP contribution in [-0.4, -0.2) is 55.5 Å². The average molecular weight is 276 g/mol. The molecule has 4 nitrogen and oxygen atoms in total. The van der Waals surface area contributed by atoms with Gasteiger partial charge in [0.2, 0.25) is 5.91 Å². The molecule has 1 atom stereocenters. The fourth-order valence-electron chi connectivity index (χ4n) is 2.58. The van der Waals surface area contributed by atoms with Gasteiger partial charge in [-0.1, -0.05) is 18.2 Å². The second-order valence-electron chi connectivity index (χ2n) is 5.48. The Morgan fingerprint density at radius 3 is 2.80 bits per heavy atom. The first-order valence-electron chi connectivity index (χ1n) is 7.21. The topological polar surface area (TPSA) is 32.8 Å². The van der Waals surface area contributed by atoms with E-state index in [1.165, 1.54) is 0 Å². The number of para-hydroxylation sites is 1. The lowest BCUT2D eigenvalue weighted by Crippen LogP contribution is -2.52. The van der Waals surface area contributed by atoms with Crippen LogP contribution in [0.25, 0.3) is 0 Å². The second-order valence-corrected chi connectivity index (χ2v) is 5.48. The molecule has 0 N–H and O–H groups in total. The summed E-state index contributed by atoms with van der Waals surface area (Å²) >= 11 is 0. The Kier molecular flexibility index (Phi) is 5.01. The molecule has 1 fully saturated rings. The molecule has 110 valence electrons. The molecule has 1 aliphatic rings. The van der Waals surface area contributed by atoms with Gasteiger partial charge in [-0.15, -0.1) is 0 Å². The fraction of sp³-hybridized carbons (Fsp3) is 0.562. The van der Waals surface area contributed by atoms with Crippen molar-refractivity contribution in [1.82, 2.24) is 9.80 Å². The predicted octanol–water partition coefficient (Wildman–Crippen LogP) is 1.79. The maximum absolute atomic E-state index is 12.3. The highest BCUT2D eigenvalue weighted by Gasteiger charge is 2.23. The number of ether oxygens (including phenoxy) is 1. The van der Waals surface area contributed by atoms with Gasteiger partial charge in [0, 0.05) is 32.1 Å². The molecule has 0 bridgehead atoms. The molecule has 4 heteroatoms. The van der Waals surface area contributed by atoms with Gasteiger partial charge in [-0.3, -0.25) is 4.79 Å². The number of benzene rings is 1. The summed E-state index contributed by atoms with van der Waals surface area (Å²) in [6.07, 6.45) is 1.29. The zero-order valence-corrected chi connectivity index (χ0v) is 12.6. The summed E-state index contributed by atoms with van der Waals surface area (Å²) < 4.78 is 5.32. The number of carbonyl (C=O) groups is 1. The summed E-state index contributed by atoms with van der Waals surface area (Å²) in [5.74, 6) is 1.11. The highest BCUT2D eigenvalue weighted by Crippen LogP contribution is 2.19. The van der Waals surface area contributed by atoms with Crippen molar-refractivity contribution in [2.75, 3.05) is 33.8 Å². The first-order valence-corrected chi connectivity index (χ1v) is 7.21. The molecule has 1 aromatic rings. The van der Waals surface area contributed by atoms with Crippen LogP contribution < -0.4 is 4.74 Å². The van der Waals surface area contributed by atoms with Crippen molar-refractivity contribution in [3.05, 3.63) is 29.8 Å². The summed E-state index contributed by atoms with van der Waals surface area (Å²) in [4.78, 5) is 16.6. The van der Waals surface area contributed by atoms with Crippen LogP contribution in [-0.2, 0) is 11.2 Å². The van der Waals surface area contributed by atoms with E-state index in [2.05, 4.69) is 18.9 Å². The van der Waals surface area contributed by atoms with Crippen LogP contribution in [0.3, 0.4) is 0 Å². The number of amides is 1. The van der Waals surface area contributed by atoms with Crippen molar-refractivity contribution in [2.45, 2.75) is 25.8 Å². The predicted molar refractivity (Wildman–Crippen MR) is 80.0 cm³/mol. The van der Waals surface area contributed by atoms with E-state index in [9.17, 15) is 4.79 Å². The maximum Gasteiger partial charge on any atom is 0.223 e. The van der Waals surface area contributed by atoms with Crippen LogP contribution in [0.4, 0.5) is 0 Å². The standard InChI is InChI=1S/C16H24N2O2/c1-13-12-18(11-10-17(13)2)16(19)9-8-14-6-4-5-7-15(14)20-3/h4-7,13H,8-12H2,1-3H3. The minimum absolute atomic E-state index is 0.246. The number of methoxy groups -OCH3 is 1. The number of hydrogen-bond acceptors (Lipinski definition) is 3. The van der Waals surface area contributed by atoms with Crippen LogP contribution in [0.5, 0.6) is 5.75 Å². The summed E-state index contributed by atoms with van der Waals surface area (Å²) in [5.41, 5.74) is 1.10. The monoisotopic (exact) mass is 276 g/mol. The number of nitrogens with zero attached hydrogens (tertiary/aromatic N) is 2. The van der Waals surface area contributed by atoms with E-state index < -0.39 is 0 Å². The molecule has 0 spiro atoms. The number of likely N-dealkylation sites (N-methyl/N-ethyl adjacent to an activating group) is 1. The third-order valence-corrected chi connectivity index (χ3v) is 4.11. The van der Waals surface area contributed by atoms with Crippen LogP contribution >= 0.6 is 0 Å². The molecule has 1 aliphatic heterocycles. The van der Waals surface area contributed by atoms with Gasteiger partial charge in [-0.2, -0.15) is 0 Å². The first kappa shape index (κ1) is 14.9. The van der Waals surface area contributed by atoms with Crippen LogP contribution in [0, 0.1) is 0 Å². The molecule has 1 unspecified atom stereocenters. The number of aryl methyl sites for hydroxylation is 1. The summed E-state index contributed by atoms with van der Waals surface area (Å²) in [6, 6.07) is 8.35. The molecule has 1 aromatic carbocycles. The van der Waals surface area contributed by atoms with E-state index in [1.807, 2.05) is 29.2 Å². The van der Waals surface area contributed by atoms with Gasteiger partial charge in [0.15, 0.2) is 0 Å². The SMILES string of the molecule is COc1ccccc1CCC(=O)N1CCN(C)C(C)C1. The largest absolute Gasteiger partial charge is 0.496 e.